The number of sulfonamides is 1. The molecule has 108 valence electrons. The van der Waals surface area contributed by atoms with Crippen LogP contribution in [-0.4, -0.2) is 18.2 Å². The zero-order valence-corrected chi connectivity index (χ0v) is 12.9. The largest absolute Gasteiger partial charge is 0.280 e. The van der Waals surface area contributed by atoms with Gasteiger partial charge in [-0.3, -0.25) is 9.40 Å². The van der Waals surface area contributed by atoms with Crippen molar-refractivity contribution in [2.45, 2.75) is 31.1 Å². The SMILES string of the molecule is Cn1cc(S(=O)(=O)Nc2ccc(C(C)(C)C)cc2)cn1. The fourth-order valence-electron chi connectivity index (χ4n) is 1.79. The van der Waals surface area contributed by atoms with Crippen LogP contribution in [0.4, 0.5) is 5.69 Å². The number of benzene rings is 1. The minimum Gasteiger partial charge on any atom is -0.280 e. The molecule has 0 saturated carbocycles. The number of hydrogen-bond donors (Lipinski definition) is 1. The van der Waals surface area contributed by atoms with E-state index in [2.05, 4.69) is 30.6 Å². The van der Waals surface area contributed by atoms with Gasteiger partial charge in [-0.15, -0.1) is 0 Å². The van der Waals surface area contributed by atoms with Crippen LogP contribution in [0, 0.1) is 0 Å². The van der Waals surface area contributed by atoms with E-state index in [1.807, 2.05) is 12.1 Å². The molecule has 0 saturated heterocycles. The summed E-state index contributed by atoms with van der Waals surface area (Å²) in [6.45, 7) is 6.34. The van der Waals surface area contributed by atoms with E-state index in [1.165, 1.54) is 17.1 Å². The van der Waals surface area contributed by atoms with Gasteiger partial charge in [-0.05, 0) is 23.1 Å². The lowest BCUT2D eigenvalue weighted by Crippen LogP contribution is -2.13. The minimum absolute atomic E-state index is 0.0424. The fraction of sp³-hybridized carbons (Fsp3) is 0.357. The molecule has 1 N–H and O–H groups in total. The lowest BCUT2D eigenvalue weighted by Gasteiger charge is -2.19. The maximum atomic E-state index is 12.1. The zero-order chi connectivity index (χ0) is 15.0. The Balaban J connectivity index is 2.22. The van der Waals surface area contributed by atoms with E-state index in [1.54, 1.807) is 19.2 Å². The zero-order valence-electron chi connectivity index (χ0n) is 12.1. The Hall–Kier alpha value is -1.82. The Labute approximate surface area is 119 Å². The molecule has 20 heavy (non-hydrogen) atoms. The van der Waals surface area contributed by atoms with E-state index in [-0.39, 0.29) is 10.3 Å². The van der Waals surface area contributed by atoms with Crippen LogP contribution in [0.1, 0.15) is 26.3 Å². The van der Waals surface area contributed by atoms with Crippen LogP contribution < -0.4 is 4.72 Å². The van der Waals surface area contributed by atoms with Crippen molar-refractivity contribution in [1.29, 1.82) is 0 Å². The maximum Gasteiger partial charge on any atom is 0.265 e. The second-order valence-corrected chi connectivity index (χ2v) is 7.46. The van der Waals surface area contributed by atoms with Gasteiger partial charge in [-0.25, -0.2) is 8.42 Å². The average Bonchev–Trinajstić information content (AvgIpc) is 2.76. The number of aryl methyl sites for hydroxylation is 1. The van der Waals surface area contributed by atoms with Crippen LogP contribution in [0.3, 0.4) is 0 Å². The Morgan fingerprint density at radius 3 is 2.20 bits per heavy atom. The molecule has 1 heterocycles. The second-order valence-electron chi connectivity index (χ2n) is 5.78. The molecular weight excluding hydrogens is 274 g/mol. The predicted octanol–water partition coefficient (Wildman–Crippen LogP) is 2.52. The van der Waals surface area contributed by atoms with E-state index in [9.17, 15) is 8.42 Å². The van der Waals surface area contributed by atoms with Gasteiger partial charge in [-0.2, -0.15) is 5.10 Å². The molecule has 0 atom stereocenters. The second kappa shape index (κ2) is 4.94. The third-order valence-electron chi connectivity index (χ3n) is 2.99. The van der Waals surface area contributed by atoms with E-state index in [0.29, 0.717) is 5.69 Å². The summed E-state index contributed by atoms with van der Waals surface area (Å²) in [4.78, 5) is 0.153. The Kier molecular flexibility index (Phi) is 3.60. The molecule has 0 radical (unpaired) electrons. The first-order chi connectivity index (χ1) is 9.18. The average molecular weight is 293 g/mol. The fourth-order valence-corrected chi connectivity index (χ4v) is 2.83. The number of rotatable bonds is 3. The van der Waals surface area contributed by atoms with E-state index in [0.717, 1.165) is 5.56 Å². The first kappa shape index (κ1) is 14.6. The molecule has 0 unspecified atom stereocenters. The Morgan fingerprint density at radius 1 is 1.15 bits per heavy atom. The molecule has 1 aromatic heterocycles. The predicted molar refractivity (Wildman–Crippen MR) is 79.2 cm³/mol. The first-order valence-electron chi connectivity index (χ1n) is 6.30. The smallest absolute Gasteiger partial charge is 0.265 e. The molecule has 0 aliphatic carbocycles. The third kappa shape index (κ3) is 3.19. The highest BCUT2D eigenvalue weighted by molar-refractivity contribution is 7.92. The molecule has 1 aromatic carbocycles. The molecule has 0 aliphatic rings. The van der Waals surface area contributed by atoms with Crippen molar-refractivity contribution < 1.29 is 8.42 Å². The summed E-state index contributed by atoms with van der Waals surface area (Å²) < 4.78 is 28.3. The quantitative estimate of drug-likeness (QED) is 0.945. The van der Waals surface area contributed by atoms with Gasteiger partial charge in [0.25, 0.3) is 10.0 Å². The van der Waals surface area contributed by atoms with Gasteiger partial charge < -0.3 is 0 Å². The highest BCUT2D eigenvalue weighted by Gasteiger charge is 2.17. The monoisotopic (exact) mass is 293 g/mol. The summed E-state index contributed by atoms with van der Waals surface area (Å²) in [5.74, 6) is 0. The van der Waals surface area contributed by atoms with Gasteiger partial charge in [0.2, 0.25) is 0 Å². The van der Waals surface area contributed by atoms with Crippen molar-refractivity contribution in [1.82, 2.24) is 9.78 Å². The van der Waals surface area contributed by atoms with Crippen LogP contribution in [0.15, 0.2) is 41.6 Å². The Morgan fingerprint density at radius 2 is 1.75 bits per heavy atom. The highest BCUT2D eigenvalue weighted by atomic mass is 32.2. The summed E-state index contributed by atoms with van der Waals surface area (Å²) in [5.41, 5.74) is 1.74. The molecule has 0 fully saturated rings. The molecule has 0 aliphatic heterocycles. The number of nitrogens with zero attached hydrogens (tertiary/aromatic N) is 2. The van der Waals surface area contributed by atoms with E-state index in [4.69, 9.17) is 0 Å². The van der Waals surface area contributed by atoms with Crippen molar-refractivity contribution in [2.75, 3.05) is 4.72 Å². The van der Waals surface area contributed by atoms with E-state index < -0.39 is 10.0 Å². The summed E-state index contributed by atoms with van der Waals surface area (Å²) in [6.07, 6.45) is 2.79. The molecule has 0 spiro atoms. The van der Waals surface area contributed by atoms with E-state index >= 15 is 0 Å². The van der Waals surface area contributed by atoms with Crippen molar-refractivity contribution in [3.8, 4) is 0 Å². The number of aromatic nitrogens is 2. The number of anilines is 1. The van der Waals surface area contributed by atoms with Gasteiger partial charge in [0.1, 0.15) is 4.90 Å². The molecule has 5 nitrogen and oxygen atoms in total. The van der Waals surface area contributed by atoms with Crippen molar-refractivity contribution >= 4 is 15.7 Å². The van der Waals surface area contributed by atoms with Crippen molar-refractivity contribution in [3.63, 3.8) is 0 Å². The van der Waals surface area contributed by atoms with Gasteiger partial charge in [0, 0.05) is 18.9 Å². The van der Waals surface area contributed by atoms with Gasteiger partial charge in [-0.1, -0.05) is 32.9 Å². The van der Waals surface area contributed by atoms with Crippen LogP contribution in [0.2, 0.25) is 0 Å². The standard InChI is InChI=1S/C14H19N3O2S/c1-14(2,3)11-5-7-12(8-6-11)16-20(18,19)13-9-15-17(4)10-13/h5-10,16H,1-4H3. The van der Waals surface area contributed by atoms with Crippen LogP contribution >= 0.6 is 0 Å². The molecular formula is C14H19N3O2S. The molecule has 0 amide bonds. The highest BCUT2D eigenvalue weighted by Crippen LogP contribution is 2.24. The summed E-state index contributed by atoms with van der Waals surface area (Å²) in [6, 6.07) is 7.41. The van der Waals surface area contributed by atoms with Gasteiger partial charge in [0.05, 0.1) is 6.20 Å². The summed E-state index contributed by atoms with van der Waals surface area (Å²) in [5, 5.41) is 3.87. The number of nitrogens with one attached hydrogen (secondary N) is 1. The molecule has 2 rings (SSSR count). The minimum atomic E-state index is -3.57. The van der Waals surface area contributed by atoms with Gasteiger partial charge >= 0.3 is 0 Å². The molecule has 0 bridgehead atoms. The number of hydrogen-bond acceptors (Lipinski definition) is 3. The molecule has 2 aromatic rings. The van der Waals surface area contributed by atoms with Crippen molar-refractivity contribution in [3.05, 3.63) is 42.2 Å². The van der Waals surface area contributed by atoms with Crippen LogP contribution in [0.5, 0.6) is 0 Å². The maximum absolute atomic E-state index is 12.1. The Bertz CT molecular complexity index is 695. The van der Waals surface area contributed by atoms with Crippen molar-refractivity contribution in [2.24, 2.45) is 7.05 Å². The first-order valence-corrected chi connectivity index (χ1v) is 7.79. The third-order valence-corrected chi connectivity index (χ3v) is 4.33. The lowest BCUT2D eigenvalue weighted by molar-refractivity contribution is 0.590. The topological polar surface area (TPSA) is 64.0 Å². The lowest BCUT2D eigenvalue weighted by atomic mass is 9.87. The van der Waals surface area contributed by atoms with Crippen LogP contribution in [0.25, 0.3) is 0 Å². The normalized spacial score (nSPS) is 12.4. The van der Waals surface area contributed by atoms with Crippen LogP contribution in [-0.2, 0) is 22.5 Å². The summed E-state index contributed by atoms with van der Waals surface area (Å²) >= 11 is 0. The summed E-state index contributed by atoms with van der Waals surface area (Å²) in [7, 11) is -1.90. The van der Waals surface area contributed by atoms with Gasteiger partial charge in [0.15, 0.2) is 0 Å². The molecule has 6 heteroatoms.